The monoisotopic (exact) mass is 278 g/mol. The Bertz CT molecular complexity index is 462. The highest BCUT2D eigenvalue weighted by atomic mass is 16.5. The molecule has 0 aliphatic heterocycles. The zero-order valence-corrected chi connectivity index (χ0v) is 11.9. The van der Waals surface area contributed by atoms with Gasteiger partial charge in [-0.15, -0.1) is 0 Å². The molecule has 110 valence electrons. The highest BCUT2D eigenvalue weighted by Crippen LogP contribution is 2.30. The lowest BCUT2D eigenvalue weighted by Gasteiger charge is -2.22. The van der Waals surface area contributed by atoms with E-state index in [2.05, 4.69) is 5.32 Å². The van der Waals surface area contributed by atoms with Gasteiger partial charge < -0.3 is 20.5 Å². The fourth-order valence-electron chi connectivity index (χ4n) is 2.40. The Morgan fingerprint density at radius 1 is 1.50 bits per heavy atom. The minimum Gasteiger partial charge on any atom is -0.484 e. The van der Waals surface area contributed by atoms with Crippen LogP contribution in [0.4, 0.5) is 0 Å². The Morgan fingerprint density at radius 3 is 3.15 bits per heavy atom. The second-order valence-corrected chi connectivity index (χ2v) is 4.99. The third kappa shape index (κ3) is 3.95. The van der Waals surface area contributed by atoms with E-state index in [-0.39, 0.29) is 18.6 Å². The normalized spacial score (nSPS) is 17.4. The van der Waals surface area contributed by atoms with Gasteiger partial charge in [-0.3, -0.25) is 4.79 Å². The van der Waals surface area contributed by atoms with Crippen molar-refractivity contribution in [2.45, 2.75) is 25.3 Å². The van der Waals surface area contributed by atoms with Crippen molar-refractivity contribution in [3.05, 3.63) is 29.3 Å². The summed E-state index contributed by atoms with van der Waals surface area (Å²) < 4.78 is 10.4. The summed E-state index contributed by atoms with van der Waals surface area (Å²) in [6.07, 6.45) is 3.21. The van der Waals surface area contributed by atoms with Crippen LogP contribution >= 0.6 is 0 Å². The molecule has 1 aromatic rings. The summed E-state index contributed by atoms with van der Waals surface area (Å²) in [6, 6.07) is 5.99. The van der Waals surface area contributed by atoms with Crippen LogP contribution in [0.15, 0.2) is 18.2 Å². The fraction of sp³-hybridized carbons (Fsp3) is 0.533. The summed E-state index contributed by atoms with van der Waals surface area (Å²) in [5, 5.41) is 2.71. The molecular weight excluding hydrogens is 256 g/mol. The first-order valence-electron chi connectivity index (χ1n) is 6.97. The molecule has 2 rings (SSSR count). The number of ether oxygens (including phenoxy) is 2. The highest BCUT2D eigenvalue weighted by Gasteiger charge is 2.17. The van der Waals surface area contributed by atoms with Gasteiger partial charge in [0.1, 0.15) is 5.75 Å². The molecule has 1 aromatic carbocycles. The molecule has 1 atom stereocenters. The number of hydrogen-bond donors (Lipinski definition) is 2. The summed E-state index contributed by atoms with van der Waals surface area (Å²) in [5.74, 6) is 0.548. The molecular formula is C15H22N2O3. The van der Waals surface area contributed by atoms with Crippen molar-refractivity contribution >= 4 is 5.91 Å². The number of nitrogens with one attached hydrogen (secondary N) is 1. The van der Waals surface area contributed by atoms with Crippen molar-refractivity contribution in [1.29, 1.82) is 0 Å². The van der Waals surface area contributed by atoms with E-state index in [1.54, 1.807) is 7.11 Å². The summed E-state index contributed by atoms with van der Waals surface area (Å²) in [6.45, 7) is 1.00. The average molecular weight is 278 g/mol. The molecule has 0 saturated carbocycles. The van der Waals surface area contributed by atoms with Gasteiger partial charge >= 0.3 is 0 Å². The lowest BCUT2D eigenvalue weighted by atomic mass is 9.88. The van der Waals surface area contributed by atoms with E-state index in [9.17, 15) is 4.79 Å². The van der Waals surface area contributed by atoms with Crippen LogP contribution in [0, 0.1) is 0 Å². The molecule has 0 aromatic heterocycles. The third-order valence-electron chi connectivity index (χ3n) is 3.48. The number of carbonyl (C=O) groups is 1. The zero-order valence-electron chi connectivity index (χ0n) is 11.9. The van der Waals surface area contributed by atoms with Crippen LogP contribution in [0.1, 0.15) is 30.0 Å². The van der Waals surface area contributed by atoms with Gasteiger partial charge in [-0.1, -0.05) is 6.07 Å². The van der Waals surface area contributed by atoms with E-state index < -0.39 is 0 Å². The Labute approximate surface area is 119 Å². The quantitative estimate of drug-likeness (QED) is 0.766. The van der Waals surface area contributed by atoms with Crippen LogP contribution in [-0.2, 0) is 16.0 Å². The predicted molar refractivity (Wildman–Crippen MR) is 76.7 cm³/mol. The van der Waals surface area contributed by atoms with Crippen molar-refractivity contribution in [3.63, 3.8) is 0 Å². The number of methoxy groups -OCH3 is 1. The molecule has 1 aliphatic rings. The van der Waals surface area contributed by atoms with Gasteiger partial charge in [-0.05, 0) is 42.5 Å². The number of fused-ring (bicyclic) bond motifs is 1. The van der Waals surface area contributed by atoms with E-state index in [4.69, 9.17) is 15.2 Å². The Morgan fingerprint density at radius 2 is 2.35 bits per heavy atom. The molecule has 0 spiro atoms. The van der Waals surface area contributed by atoms with Crippen molar-refractivity contribution in [3.8, 4) is 5.75 Å². The number of hydrogen-bond acceptors (Lipinski definition) is 4. The van der Waals surface area contributed by atoms with E-state index in [0.29, 0.717) is 18.9 Å². The number of nitrogens with two attached hydrogens (primary N) is 1. The zero-order chi connectivity index (χ0) is 14.4. The van der Waals surface area contributed by atoms with Gasteiger partial charge in [0.05, 0.1) is 6.61 Å². The second kappa shape index (κ2) is 7.26. The SMILES string of the molecule is COCCNC(=O)COc1ccc2c(c1)[C@H](N)CCC2. The Balaban J connectivity index is 1.87. The van der Waals surface area contributed by atoms with Gasteiger partial charge in [0.15, 0.2) is 6.61 Å². The van der Waals surface area contributed by atoms with Gasteiger partial charge in [-0.2, -0.15) is 0 Å². The maximum Gasteiger partial charge on any atom is 0.258 e. The molecule has 20 heavy (non-hydrogen) atoms. The topological polar surface area (TPSA) is 73.6 Å². The first-order chi connectivity index (χ1) is 9.70. The van der Waals surface area contributed by atoms with E-state index in [1.807, 2.05) is 18.2 Å². The predicted octanol–water partition coefficient (Wildman–Crippen LogP) is 1.16. The van der Waals surface area contributed by atoms with Crippen LogP contribution < -0.4 is 15.8 Å². The standard InChI is InChI=1S/C15H22N2O3/c1-19-8-7-17-15(18)10-20-12-6-5-11-3-2-4-14(16)13(11)9-12/h5-6,9,14H,2-4,7-8,10,16H2,1H3,(H,17,18)/t14-/m1/s1. The van der Waals surface area contributed by atoms with Crippen molar-refractivity contribution in [2.24, 2.45) is 5.73 Å². The minimum absolute atomic E-state index is 0.0116. The first-order valence-corrected chi connectivity index (χ1v) is 6.97. The molecule has 5 heteroatoms. The largest absolute Gasteiger partial charge is 0.484 e. The van der Waals surface area contributed by atoms with Crippen molar-refractivity contribution in [2.75, 3.05) is 26.9 Å². The number of amides is 1. The lowest BCUT2D eigenvalue weighted by Crippen LogP contribution is -2.31. The summed E-state index contributed by atoms with van der Waals surface area (Å²) >= 11 is 0. The molecule has 0 saturated heterocycles. The van der Waals surface area contributed by atoms with Crippen molar-refractivity contribution < 1.29 is 14.3 Å². The molecule has 0 heterocycles. The second-order valence-electron chi connectivity index (χ2n) is 4.99. The summed E-state index contributed by atoms with van der Waals surface area (Å²) in [7, 11) is 1.60. The maximum atomic E-state index is 11.5. The van der Waals surface area contributed by atoms with Crippen LogP contribution in [0.5, 0.6) is 5.75 Å². The van der Waals surface area contributed by atoms with E-state index >= 15 is 0 Å². The molecule has 0 bridgehead atoms. The van der Waals surface area contributed by atoms with Crippen LogP contribution in [0.2, 0.25) is 0 Å². The third-order valence-corrected chi connectivity index (χ3v) is 3.48. The van der Waals surface area contributed by atoms with Crippen molar-refractivity contribution in [1.82, 2.24) is 5.32 Å². The number of rotatable bonds is 6. The molecule has 0 fully saturated rings. The molecule has 1 aliphatic carbocycles. The molecule has 5 nitrogen and oxygen atoms in total. The average Bonchev–Trinajstić information content (AvgIpc) is 2.46. The number of benzene rings is 1. The van der Waals surface area contributed by atoms with E-state index in [0.717, 1.165) is 24.8 Å². The van der Waals surface area contributed by atoms with Gasteiger partial charge in [-0.25, -0.2) is 0 Å². The Hall–Kier alpha value is -1.59. The fourth-order valence-corrected chi connectivity index (χ4v) is 2.40. The van der Waals surface area contributed by atoms with Crippen LogP contribution in [0.3, 0.4) is 0 Å². The smallest absolute Gasteiger partial charge is 0.258 e. The number of carbonyl (C=O) groups excluding carboxylic acids is 1. The number of aryl methyl sites for hydroxylation is 1. The van der Waals surface area contributed by atoms with Crippen LogP contribution in [0.25, 0.3) is 0 Å². The molecule has 0 unspecified atom stereocenters. The molecule has 3 N–H and O–H groups in total. The highest BCUT2D eigenvalue weighted by molar-refractivity contribution is 5.77. The first kappa shape index (κ1) is 14.8. The van der Waals surface area contributed by atoms with E-state index in [1.165, 1.54) is 5.56 Å². The lowest BCUT2D eigenvalue weighted by molar-refractivity contribution is -0.123. The van der Waals surface area contributed by atoms with Gasteiger partial charge in [0.25, 0.3) is 5.91 Å². The molecule has 1 amide bonds. The molecule has 0 radical (unpaired) electrons. The Kier molecular flexibility index (Phi) is 5.38. The van der Waals surface area contributed by atoms with Gasteiger partial charge in [0.2, 0.25) is 0 Å². The van der Waals surface area contributed by atoms with Gasteiger partial charge in [0, 0.05) is 19.7 Å². The van der Waals surface area contributed by atoms with Crippen LogP contribution in [-0.4, -0.2) is 32.8 Å². The summed E-state index contributed by atoms with van der Waals surface area (Å²) in [5.41, 5.74) is 8.54. The summed E-state index contributed by atoms with van der Waals surface area (Å²) in [4.78, 5) is 11.5. The minimum atomic E-state index is -0.149. The maximum absolute atomic E-state index is 11.5.